The fourth-order valence-electron chi connectivity index (χ4n) is 5.87. The summed E-state index contributed by atoms with van der Waals surface area (Å²) in [5.74, 6) is -1.66. The predicted octanol–water partition coefficient (Wildman–Crippen LogP) is 5.73. The normalized spacial score (nSPS) is 20.4. The first-order valence-electron chi connectivity index (χ1n) is 14.1. The number of carbonyl (C=O) groups is 3. The third-order valence-corrected chi connectivity index (χ3v) is 7.89. The van der Waals surface area contributed by atoms with Crippen LogP contribution in [0.15, 0.2) is 60.7 Å². The van der Waals surface area contributed by atoms with Crippen molar-refractivity contribution in [3.63, 3.8) is 0 Å². The van der Waals surface area contributed by atoms with Gasteiger partial charge in [0, 0.05) is 30.9 Å². The second kappa shape index (κ2) is 11.0. The van der Waals surface area contributed by atoms with E-state index in [0.717, 1.165) is 33.2 Å². The van der Waals surface area contributed by atoms with Crippen LogP contribution in [0.25, 0.3) is 10.8 Å². The molecule has 2 heterocycles. The maximum atomic E-state index is 14.2. The fraction of sp³-hybridized carbons (Fsp3) is 0.424. The number of anilines is 1. The molecule has 0 aliphatic carbocycles. The molecule has 7 nitrogen and oxygen atoms in total. The Bertz CT molecular complexity index is 1430. The lowest BCUT2D eigenvalue weighted by Gasteiger charge is -2.33. The fourth-order valence-corrected chi connectivity index (χ4v) is 5.87. The molecule has 2 amide bonds. The summed E-state index contributed by atoms with van der Waals surface area (Å²) in [6.45, 7) is 9.52. The Kier molecular flexibility index (Phi) is 7.69. The van der Waals surface area contributed by atoms with E-state index >= 15 is 0 Å². The van der Waals surface area contributed by atoms with Crippen LogP contribution in [-0.2, 0) is 19.1 Å². The highest BCUT2D eigenvalue weighted by Gasteiger charge is 2.40. The van der Waals surface area contributed by atoms with Crippen LogP contribution >= 0.6 is 0 Å². The first kappa shape index (κ1) is 27.8. The number of carboxylic acid groups (broad SMARTS) is 1. The number of piperidine rings is 1. The third-order valence-electron chi connectivity index (χ3n) is 7.89. The van der Waals surface area contributed by atoms with Gasteiger partial charge in [0.25, 0.3) is 5.91 Å². The topological polar surface area (TPSA) is 87.1 Å². The van der Waals surface area contributed by atoms with Gasteiger partial charge < -0.3 is 19.6 Å². The van der Waals surface area contributed by atoms with Crippen LogP contribution in [0.2, 0.25) is 0 Å². The Labute approximate surface area is 235 Å². The SMILES string of the molecule is Cc1ccc2c(c1)[C@H](c1cccc3ccccc13)O[C@@H](CC(=O)N1CCC(C(=O)O)CC1)C(=O)N2CC(C)(C)C. The van der Waals surface area contributed by atoms with E-state index in [0.29, 0.717) is 32.5 Å². The molecular weight excluding hydrogens is 504 g/mol. The molecule has 2 aliphatic heterocycles. The average molecular weight is 543 g/mol. The number of likely N-dealkylation sites (tertiary alicyclic amines) is 1. The number of carbonyl (C=O) groups excluding carboxylic acids is 2. The van der Waals surface area contributed by atoms with Gasteiger partial charge in [0.2, 0.25) is 5.91 Å². The second-order valence-electron chi connectivity index (χ2n) is 12.3. The van der Waals surface area contributed by atoms with E-state index in [1.165, 1.54) is 0 Å². The Morgan fingerprint density at radius 2 is 1.68 bits per heavy atom. The smallest absolute Gasteiger partial charge is 0.306 e. The van der Waals surface area contributed by atoms with Crippen molar-refractivity contribution >= 4 is 34.2 Å². The monoisotopic (exact) mass is 542 g/mol. The molecule has 0 bridgehead atoms. The van der Waals surface area contributed by atoms with Crippen molar-refractivity contribution in [3.8, 4) is 0 Å². The molecule has 1 fully saturated rings. The van der Waals surface area contributed by atoms with E-state index in [-0.39, 0.29) is 23.7 Å². The lowest BCUT2D eigenvalue weighted by molar-refractivity contribution is -0.148. The third kappa shape index (κ3) is 5.75. The first-order chi connectivity index (χ1) is 19.0. The maximum absolute atomic E-state index is 14.2. The number of nitrogens with zero attached hydrogens (tertiary/aromatic N) is 2. The molecule has 2 aliphatic rings. The molecule has 0 aromatic heterocycles. The molecule has 0 saturated carbocycles. The van der Waals surface area contributed by atoms with E-state index in [4.69, 9.17) is 4.74 Å². The van der Waals surface area contributed by atoms with Crippen molar-refractivity contribution in [2.45, 2.75) is 59.2 Å². The molecule has 3 aromatic rings. The van der Waals surface area contributed by atoms with Crippen molar-refractivity contribution in [1.29, 1.82) is 0 Å². The van der Waals surface area contributed by atoms with Gasteiger partial charge in [-0.25, -0.2) is 0 Å². The van der Waals surface area contributed by atoms with Crippen molar-refractivity contribution < 1.29 is 24.2 Å². The molecule has 0 spiro atoms. The van der Waals surface area contributed by atoms with Crippen LogP contribution in [-0.4, -0.2) is 53.5 Å². The van der Waals surface area contributed by atoms with Gasteiger partial charge in [0.15, 0.2) is 0 Å². The van der Waals surface area contributed by atoms with Crippen molar-refractivity contribution in [2.75, 3.05) is 24.5 Å². The van der Waals surface area contributed by atoms with Gasteiger partial charge >= 0.3 is 5.97 Å². The first-order valence-corrected chi connectivity index (χ1v) is 14.1. The number of amides is 2. The van der Waals surface area contributed by atoms with Gasteiger partial charge in [-0.1, -0.05) is 80.9 Å². The van der Waals surface area contributed by atoms with Gasteiger partial charge in [-0.2, -0.15) is 0 Å². The van der Waals surface area contributed by atoms with Gasteiger partial charge in [0.1, 0.15) is 12.2 Å². The predicted molar refractivity (Wildman–Crippen MR) is 155 cm³/mol. The number of benzene rings is 3. The van der Waals surface area contributed by atoms with Gasteiger partial charge in [-0.3, -0.25) is 14.4 Å². The second-order valence-corrected chi connectivity index (χ2v) is 12.3. The largest absolute Gasteiger partial charge is 0.481 e. The molecule has 0 unspecified atom stereocenters. The number of aryl methyl sites for hydroxylation is 1. The van der Waals surface area contributed by atoms with Crippen LogP contribution in [0.4, 0.5) is 5.69 Å². The summed E-state index contributed by atoms with van der Waals surface area (Å²) < 4.78 is 6.73. The quantitative estimate of drug-likeness (QED) is 0.445. The highest BCUT2D eigenvalue weighted by Crippen LogP contribution is 2.42. The minimum Gasteiger partial charge on any atom is -0.481 e. The Hall–Kier alpha value is -3.71. The van der Waals surface area contributed by atoms with Crippen LogP contribution in [0.3, 0.4) is 0 Å². The Morgan fingerprint density at radius 1 is 0.975 bits per heavy atom. The van der Waals surface area contributed by atoms with E-state index < -0.39 is 24.1 Å². The molecule has 7 heteroatoms. The molecule has 210 valence electrons. The zero-order valence-corrected chi connectivity index (χ0v) is 23.7. The van der Waals surface area contributed by atoms with Crippen LogP contribution in [0.1, 0.15) is 62.8 Å². The Morgan fingerprint density at radius 3 is 2.38 bits per heavy atom. The van der Waals surface area contributed by atoms with E-state index in [2.05, 4.69) is 45.0 Å². The minimum absolute atomic E-state index is 0.0918. The van der Waals surface area contributed by atoms with E-state index in [1.54, 1.807) is 9.80 Å². The van der Waals surface area contributed by atoms with E-state index in [9.17, 15) is 19.5 Å². The number of hydrogen-bond acceptors (Lipinski definition) is 4. The minimum atomic E-state index is -0.983. The van der Waals surface area contributed by atoms with Crippen LogP contribution in [0.5, 0.6) is 0 Å². The maximum Gasteiger partial charge on any atom is 0.306 e. The molecule has 40 heavy (non-hydrogen) atoms. The van der Waals surface area contributed by atoms with Gasteiger partial charge in [-0.15, -0.1) is 0 Å². The molecule has 5 rings (SSSR count). The highest BCUT2D eigenvalue weighted by molar-refractivity contribution is 6.00. The van der Waals surface area contributed by atoms with Crippen molar-refractivity contribution in [2.24, 2.45) is 11.3 Å². The molecule has 0 radical (unpaired) electrons. The lowest BCUT2D eigenvalue weighted by atomic mass is 9.92. The summed E-state index contributed by atoms with van der Waals surface area (Å²) in [5, 5.41) is 11.5. The molecular formula is C33H38N2O5. The summed E-state index contributed by atoms with van der Waals surface area (Å²) in [4.78, 5) is 42.6. The summed E-state index contributed by atoms with van der Waals surface area (Å²) in [5.41, 5.74) is 3.54. The molecule has 3 aromatic carbocycles. The number of rotatable bonds is 5. The Balaban J connectivity index is 1.56. The zero-order valence-electron chi connectivity index (χ0n) is 23.7. The van der Waals surface area contributed by atoms with Crippen LogP contribution < -0.4 is 4.90 Å². The molecule has 2 atom stereocenters. The summed E-state index contributed by atoms with van der Waals surface area (Å²) in [6.07, 6.45) is -0.792. The lowest BCUT2D eigenvalue weighted by Crippen LogP contribution is -2.47. The summed E-state index contributed by atoms with van der Waals surface area (Å²) >= 11 is 0. The van der Waals surface area contributed by atoms with Gasteiger partial charge in [0.05, 0.1) is 12.3 Å². The number of carboxylic acids is 1. The van der Waals surface area contributed by atoms with Crippen molar-refractivity contribution in [3.05, 3.63) is 77.4 Å². The summed E-state index contributed by atoms with van der Waals surface area (Å²) in [7, 11) is 0. The van der Waals surface area contributed by atoms with Crippen molar-refractivity contribution in [1.82, 2.24) is 4.90 Å². The highest BCUT2D eigenvalue weighted by atomic mass is 16.5. The number of ether oxygens (including phenoxy) is 1. The van der Waals surface area contributed by atoms with Crippen LogP contribution in [0, 0.1) is 18.3 Å². The summed E-state index contributed by atoms with van der Waals surface area (Å²) in [6, 6.07) is 20.3. The standard InChI is InChI=1S/C33H38N2O5/c1-21-12-13-27-26(18-21)30(25-11-7-9-22-8-5-6-10-24(22)25)40-28(31(37)35(27)20-33(2,3)4)19-29(36)34-16-14-23(15-17-34)32(38)39/h5-13,18,23,28,30H,14-17,19-20H2,1-4H3,(H,38,39)/t28-,30-/m0/s1. The van der Waals surface area contributed by atoms with E-state index in [1.807, 2.05) is 43.3 Å². The molecule has 1 N–H and O–H groups in total. The zero-order chi connectivity index (χ0) is 28.6. The average Bonchev–Trinajstić information content (AvgIpc) is 3.02. The number of fused-ring (bicyclic) bond motifs is 2. The molecule has 1 saturated heterocycles. The number of hydrogen-bond donors (Lipinski definition) is 1. The van der Waals surface area contributed by atoms with Gasteiger partial charge in [-0.05, 0) is 47.6 Å². The number of aliphatic carboxylic acids is 1.